The van der Waals surface area contributed by atoms with E-state index in [4.69, 9.17) is 9.84 Å². The summed E-state index contributed by atoms with van der Waals surface area (Å²) in [6.45, 7) is 0. The summed E-state index contributed by atoms with van der Waals surface area (Å²) in [5.74, 6) is -3.87. The minimum Gasteiger partial charge on any atom is -0.478 e. The molecule has 0 saturated heterocycles. The number of aromatic carboxylic acids is 1. The summed E-state index contributed by atoms with van der Waals surface area (Å²) in [6, 6.07) is 9.84. The molecule has 2 aromatic carbocycles. The van der Waals surface area contributed by atoms with E-state index < -0.39 is 47.2 Å². The van der Waals surface area contributed by atoms with Crippen LogP contribution < -0.4 is 10.1 Å². The molecule has 0 spiro atoms. The Labute approximate surface area is 201 Å². The fraction of sp³-hybridized carbons (Fsp3) is 0.292. The molecule has 1 aliphatic heterocycles. The molecule has 1 unspecified atom stereocenters. The lowest BCUT2D eigenvalue weighted by molar-refractivity contribution is -0.137. The summed E-state index contributed by atoms with van der Waals surface area (Å²) >= 11 is 0. The first-order valence-electron chi connectivity index (χ1n) is 10.7. The summed E-state index contributed by atoms with van der Waals surface area (Å²) in [5, 5.41) is 16.5. The number of nitrogens with zero attached hydrogens (tertiary/aromatic N) is 2. The van der Waals surface area contributed by atoms with E-state index in [1.165, 1.54) is 25.2 Å². The van der Waals surface area contributed by atoms with Gasteiger partial charge in [-0.25, -0.2) is 18.6 Å². The van der Waals surface area contributed by atoms with Gasteiger partial charge in [0, 0.05) is 7.05 Å². The Hall–Kier alpha value is -3.96. The quantitative estimate of drug-likeness (QED) is 0.532. The van der Waals surface area contributed by atoms with E-state index in [1.54, 1.807) is 12.1 Å². The van der Waals surface area contributed by atoms with Crippen LogP contribution in [-0.4, -0.2) is 41.2 Å². The molecule has 0 radical (unpaired) electrons. The third-order valence-corrected chi connectivity index (χ3v) is 5.90. The lowest BCUT2D eigenvalue weighted by Crippen LogP contribution is -2.45. The van der Waals surface area contributed by atoms with Crippen LogP contribution in [0.4, 0.5) is 22.0 Å². The average Bonchev–Trinajstić information content (AvgIpc) is 3.60. The van der Waals surface area contributed by atoms with Gasteiger partial charge in [-0.15, -0.1) is 0 Å². The number of nitrogens with one attached hydrogen (secondary N) is 1. The van der Waals surface area contributed by atoms with Crippen LogP contribution in [0, 0.1) is 5.92 Å². The molecule has 2 N–H and O–H groups in total. The molecule has 1 amide bonds. The Bertz CT molecular complexity index is 1240. The second-order valence-electron chi connectivity index (χ2n) is 8.41. The van der Waals surface area contributed by atoms with Crippen LogP contribution in [0.1, 0.15) is 34.3 Å². The Morgan fingerprint density at radius 3 is 2.39 bits per heavy atom. The number of carboxylic acid groups (broad SMARTS) is 1. The number of carbonyl (C=O) groups is 2. The first kappa shape index (κ1) is 25.1. The molecular formula is C24H20F5N3O4. The van der Waals surface area contributed by atoms with Gasteiger partial charge in [-0.05, 0) is 54.8 Å². The van der Waals surface area contributed by atoms with E-state index in [0.29, 0.717) is 18.4 Å². The number of benzene rings is 2. The molecule has 12 heteroatoms. The lowest BCUT2D eigenvalue weighted by Gasteiger charge is -2.28. The van der Waals surface area contributed by atoms with Crippen molar-refractivity contribution < 1.29 is 41.4 Å². The molecule has 1 fully saturated rings. The molecule has 1 aliphatic carbocycles. The number of hydrogen-bond acceptors (Lipinski definition) is 5. The Kier molecular flexibility index (Phi) is 6.46. The number of hydrazone groups is 1. The predicted octanol–water partition coefficient (Wildman–Crippen LogP) is 4.61. The highest BCUT2D eigenvalue weighted by atomic mass is 19.4. The van der Waals surface area contributed by atoms with Crippen molar-refractivity contribution in [1.82, 2.24) is 10.3 Å². The maximum Gasteiger partial charge on any atom is 0.416 e. The average molecular weight is 509 g/mol. The third kappa shape index (κ3) is 5.16. The number of halogens is 5. The SMILES string of the molecule is CN1N=C(C(F)F)C(C(=O)NC2(c3ccc(C(=O)O)cc3)CC2)C=C1Oc1cccc(C(F)(F)F)c1. The van der Waals surface area contributed by atoms with Gasteiger partial charge in [-0.3, -0.25) is 4.79 Å². The highest BCUT2D eigenvalue weighted by Gasteiger charge is 2.48. The van der Waals surface area contributed by atoms with Crippen LogP contribution in [0.3, 0.4) is 0 Å². The lowest BCUT2D eigenvalue weighted by atomic mass is 9.98. The van der Waals surface area contributed by atoms with Gasteiger partial charge in [0.2, 0.25) is 11.8 Å². The minimum atomic E-state index is -4.61. The molecule has 0 aromatic heterocycles. The molecule has 0 bridgehead atoms. The highest BCUT2D eigenvalue weighted by Crippen LogP contribution is 2.46. The molecule has 1 atom stereocenters. The van der Waals surface area contributed by atoms with E-state index >= 15 is 0 Å². The highest BCUT2D eigenvalue weighted by molar-refractivity contribution is 6.08. The van der Waals surface area contributed by atoms with E-state index in [-0.39, 0.29) is 17.2 Å². The largest absolute Gasteiger partial charge is 0.478 e. The topological polar surface area (TPSA) is 91.2 Å². The van der Waals surface area contributed by atoms with Crippen molar-refractivity contribution >= 4 is 17.6 Å². The van der Waals surface area contributed by atoms with Crippen molar-refractivity contribution in [1.29, 1.82) is 0 Å². The zero-order chi connectivity index (χ0) is 26.3. The summed E-state index contributed by atoms with van der Waals surface area (Å²) < 4.78 is 72.1. The summed E-state index contributed by atoms with van der Waals surface area (Å²) in [6.07, 6.45) is -5.60. The first-order valence-corrected chi connectivity index (χ1v) is 10.7. The van der Waals surface area contributed by atoms with Crippen molar-refractivity contribution in [3.8, 4) is 5.75 Å². The van der Waals surface area contributed by atoms with Crippen LogP contribution in [0.5, 0.6) is 5.75 Å². The zero-order valence-electron chi connectivity index (χ0n) is 18.7. The first-order chi connectivity index (χ1) is 16.9. The Morgan fingerprint density at radius 1 is 1.17 bits per heavy atom. The normalized spacial score (nSPS) is 18.9. The van der Waals surface area contributed by atoms with E-state index in [1.807, 2.05) is 0 Å². The van der Waals surface area contributed by atoms with Crippen LogP contribution in [0.15, 0.2) is 65.6 Å². The molecule has 4 rings (SSSR count). The summed E-state index contributed by atoms with van der Waals surface area (Å²) in [5.41, 5.74) is -1.88. The molecular weight excluding hydrogens is 489 g/mol. The standard InChI is InChI=1S/C24H20F5N3O4/c1-32-18(36-16-4-2-3-15(11-16)24(27,28)29)12-17(19(31-32)20(25)26)21(33)30-23(9-10-23)14-7-5-13(6-8-14)22(34)35/h2-8,11-12,17,20H,9-10H2,1H3,(H,30,33)(H,34,35). The van der Waals surface area contributed by atoms with Gasteiger partial charge in [0.25, 0.3) is 6.43 Å². The van der Waals surface area contributed by atoms with Crippen molar-refractivity contribution in [2.24, 2.45) is 11.0 Å². The summed E-state index contributed by atoms with van der Waals surface area (Å²) in [4.78, 5) is 24.2. The maximum absolute atomic E-state index is 13.7. The number of hydrogen-bond donors (Lipinski definition) is 2. The van der Waals surface area contributed by atoms with E-state index in [0.717, 1.165) is 29.3 Å². The zero-order valence-corrected chi connectivity index (χ0v) is 18.7. The van der Waals surface area contributed by atoms with Crippen molar-refractivity contribution in [3.05, 3.63) is 77.2 Å². The number of amides is 1. The van der Waals surface area contributed by atoms with Crippen molar-refractivity contribution in [3.63, 3.8) is 0 Å². The number of carboxylic acids is 1. The van der Waals surface area contributed by atoms with E-state index in [9.17, 15) is 31.5 Å². The van der Waals surface area contributed by atoms with E-state index in [2.05, 4.69) is 10.4 Å². The molecule has 2 aromatic rings. The van der Waals surface area contributed by atoms with Gasteiger partial charge in [0.1, 0.15) is 17.4 Å². The second-order valence-corrected chi connectivity index (χ2v) is 8.41. The van der Waals surface area contributed by atoms with Crippen LogP contribution in [-0.2, 0) is 16.5 Å². The molecule has 2 aliphatic rings. The maximum atomic E-state index is 13.7. The van der Waals surface area contributed by atoms with Gasteiger partial charge >= 0.3 is 12.1 Å². The smallest absolute Gasteiger partial charge is 0.416 e. The van der Waals surface area contributed by atoms with Gasteiger partial charge in [0.05, 0.1) is 16.7 Å². The Balaban J connectivity index is 1.58. The molecule has 190 valence electrons. The Morgan fingerprint density at radius 2 is 1.83 bits per heavy atom. The van der Waals surface area contributed by atoms with Gasteiger partial charge < -0.3 is 15.2 Å². The van der Waals surface area contributed by atoms with Crippen LogP contribution >= 0.6 is 0 Å². The molecule has 1 heterocycles. The van der Waals surface area contributed by atoms with Crippen molar-refractivity contribution in [2.45, 2.75) is 31.0 Å². The van der Waals surface area contributed by atoms with Gasteiger partial charge in [0.15, 0.2) is 0 Å². The molecule has 1 saturated carbocycles. The predicted molar refractivity (Wildman–Crippen MR) is 117 cm³/mol. The fourth-order valence-corrected chi connectivity index (χ4v) is 3.82. The van der Waals surface area contributed by atoms with Crippen LogP contribution in [0.2, 0.25) is 0 Å². The van der Waals surface area contributed by atoms with Gasteiger partial charge in [-0.2, -0.15) is 18.3 Å². The summed E-state index contributed by atoms with van der Waals surface area (Å²) in [7, 11) is 1.27. The van der Waals surface area contributed by atoms with Crippen LogP contribution in [0.25, 0.3) is 0 Å². The number of carbonyl (C=O) groups excluding carboxylic acids is 1. The molecule has 36 heavy (non-hydrogen) atoms. The fourth-order valence-electron chi connectivity index (χ4n) is 3.82. The molecule has 7 nitrogen and oxygen atoms in total. The number of alkyl halides is 5. The van der Waals surface area contributed by atoms with Crippen molar-refractivity contribution in [2.75, 3.05) is 7.05 Å². The third-order valence-electron chi connectivity index (χ3n) is 5.90. The minimum absolute atomic E-state index is 0.0580. The second kappa shape index (κ2) is 9.25. The number of rotatable bonds is 7. The van der Waals surface area contributed by atoms with Gasteiger partial charge in [-0.1, -0.05) is 18.2 Å². The monoisotopic (exact) mass is 509 g/mol. The number of ether oxygens (including phenoxy) is 1.